The third-order valence-electron chi connectivity index (χ3n) is 3.56. The van der Waals surface area contributed by atoms with Gasteiger partial charge in [0.2, 0.25) is 0 Å². The summed E-state index contributed by atoms with van der Waals surface area (Å²) in [5.74, 6) is 0.0769. The predicted molar refractivity (Wildman–Crippen MR) is 94.6 cm³/mol. The molecular weight excluding hydrogens is 342 g/mol. The van der Waals surface area contributed by atoms with Gasteiger partial charge in [0.05, 0.1) is 14.2 Å². The molecule has 0 fully saturated rings. The van der Waals surface area contributed by atoms with Crippen molar-refractivity contribution in [3.8, 4) is 17.0 Å². The number of esters is 1. The van der Waals surface area contributed by atoms with Crippen LogP contribution in [-0.2, 0) is 9.53 Å². The molecule has 25 heavy (non-hydrogen) atoms. The van der Waals surface area contributed by atoms with E-state index in [4.69, 9.17) is 9.47 Å². The van der Waals surface area contributed by atoms with Gasteiger partial charge in [-0.25, -0.2) is 4.79 Å². The number of aromatic nitrogens is 2. The van der Waals surface area contributed by atoms with E-state index < -0.39 is 17.9 Å². The highest BCUT2D eigenvalue weighted by molar-refractivity contribution is 7.08. The lowest BCUT2D eigenvalue weighted by molar-refractivity contribution is -0.143. The lowest BCUT2D eigenvalue weighted by atomic mass is 10.0. The van der Waals surface area contributed by atoms with E-state index >= 15 is 0 Å². The molecule has 8 heteroatoms. The van der Waals surface area contributed by atoms with Crippen molar-refractivity contribution < 1.29 is 19.1 Å². The maximum atomic E-state index is 12.6. The number of nitrogens with zero attached hydrogens (tertiary/aromatic N) is 2. The fraction of sp³-hybridized carbons (Fsp3) is 0.412. The maximum absolute atomic E-state index is 12.6. The molecule has 134 valence electrons. The van der Waals surface area contributed by atoms with Gasteiger partial charge in [0.15, 0.2) is 0 Å². The second-order valence-corrected chi connectivity index (χ2v) is 6.61. The number of methoxy groups -OCH3 is 2. The lowest BCUT2D eigenvalue weighted by Crippen LogP contribution is -2.42. The SMILES string of the molecule is COC(=O)[C@@H](CC(C)C)NC(=O)c1snnc1-c1ccc(OC)cc1. The maximum Gasteiger partial charge on any atom is 0.328 e. The molecular formula is C17H21N3O4S. The Morgan fingerprint density at radius 1 is 1.20 bits per heavy atom. The Kier molecular flexibility index (Phi) is 6.46. The standard InChI is InChI=1S/C17H21N3O4S/c1-10(2)9-13(17(22)24-4)18-16(21)15-14(19-20-25-15)11-5-7-12(23-3)8-6-11/h5-8,10,13H,9H2,1-4H3,(H,18,21)/t13-/m1/s1. The molecule has 1 atom stereocenters. The van der Waals surface area contributed by atoms with Gasteiger partial charge >= 0.3 is 5.97 Å². The van der Waals surface area contributed by atoms with Crippen molar-refractivity contribution in [3.05, 3.63) is 29.1 Å². The summed E-state index contributed by atoms with van der Waals surface area (Å²) in [7, 11) is 2.89. The molecule has 0 saturated heterocycles. The first-order valence-corrected chi connectivity index (χ1v) is 8.59. The molecule has 0 spiro atoms. The first-order chi connectivity index (χ1) is 12.0. The fourth-order valence-electron chi connectivity index (χ4n) is 2.33. The van der Waals surface area contributed by atoms with Crippen LogP contribution in [0.2, 0.25) is 0 Å². The van der Waals surface area contributed by atoms with Crippen LogP contribution in [0.25, 0.3) is 11.3 Å². The number of carbonyl (C=O) groups is 2. The van der Waals surface area contributed by atoms with Crippen molar-refractivity contribution in [1.29, 1.82) is 0 Å². The van der Waals surface area contributed by atoms with Crippen molar-refractivity contribution in [3.63, 3.8) is 0 Å². The number of benzene rings is 1. The van der Waals surface area contributed by atoms with Gasteiger partial charge in [0.25, 0.3) is 5.91 Å². The van der Waals surface area contributed by atoms with E-state index in [1.807, 2.05) is 13.8 Å². The first kappa shape index (κ1) is 18.9. The van der Waals surface area contributed by atoms with Gasteiger partial charge in [-0.15, -0.1) is 5.10 Å². The minimum absolute atomic E-state index is 0.227. The van der Waals surface area contributed by atoms with Crippen molar-refractivity contribution >= 4 is 23.4 Å². The van der Waals surface area contributed by atoms with Crippen LogP contribution in [0.1, 0.15) is 29.9 Å². The zero-order valence-electron chi connectivity index (χ0n) is 14.6. The monoisotopic (exact) mass is 363 g/mol. The second-order valence-electron chi connectivity index (χ2n) is 5.86. The van der Waals surface area contributed by atoms with Gasteiger partial charge in [-0.1, -0.05) is 18.3 Å². The molecule has 0 aliphatic heterocycles. The topological polar surface area (TPSA) is 90.4 Å². The Bertz CT molecular complexity index is 728. The molecule has 1 aromatic heterocycles. The number of carbonyl (C=O) groups excluding carboxylic acids is 2. The van der Waals surface area contributed by atoms with Crippen LogP contribution in [0.3, 0.4) is 0 Å². The Hall–Kier alpha value is -2.48. The van der Waals surface area contributed by atoms with Crippen LogP contribution in [0.5, 0.6) is 5.75 Å². The molecule has 1 N–H and O–H groups in total. The molecule has 2 aromatic rings. The average molecular weight is 363 g/mol. The van der Waals surface area contributed by atoms with Gasteiger partial charge in [0, 0.05) is 5.56 Å². The summed E-state index contributed by atoms with van der Waals surface area (Å²) in [6.45, 7) is 3.94. The highest BCUT2D eigenvalue weighted by Crippen LogP contribution is 2.26. The number of rotatable bonds is 7. The third-order valence-corrected chi connectivity index (χ3v) is 4.28. The van der Waals surface area contributed by atoms with Crippen LogP contribution < -0.4 is 10.1 Å². The second kappa shape index (κ2) is 8.57. The van der Waals surface area contributed by atoms with Gasteiger partial charge in [-0.05, 0) is 48.1 Å². The van der Waals surface area contributed by atoms with Gasteiger partial charge in [-0.3, -0.25) is 4.79 Å². The first-order valence-electron chi connectivity index (χ1n) is 7.81. The van der Waals surface area contributed by atoms with Crippen LogP contribution in [0, 0.1) is 5.92 Å². The smallest absolute Gasteiger partial charge is 0.328 e. The summed E-state index contributed by atoms with van der Waals surface area (Å²) in [6, 6.07) is 6.47. The summed E-state index contributed by atoms with van der Waals surface area (Å²) in [5.41, 5.74) is 1.22. The Balaban J connectivity index is 2.22. The van der Waals surface area contributed by atoms with Crippen LogP contribution >= 0.6 is 11.5 Å². The van der Waals surface area contributed by atoms with Crippen molar-refractivity contribution in [1.82, 2.24) is 14.9 Å². The van der Waals surface area contributed by atoms with E-state index in [0.717, 1.165) is 17.1 Å². The normalized spacial score (nSPS) is 11.9. The molecule has 1 amide bonds. The summed E-state index contributed by atoms with van der Waals surface area (Å²) in [5, 5.41) is 6.77. The molecule has 0 bridgehead atoms. The zero-order chi connectivity index (χ0) is 18.4. The van der Waals surface area contributed by atoms with E-state index in [1.165, 1.54) is 7.11 Å². The number of hydrogen-bond acceptors (Lipinski definition) is 7. The zero-order valence-corrected chi connectivity index (χ0v) is 15.4. The van der Waals surface area contributed by atoms with Crippen molar-refractivity contribution in [2.75, 3.05) is 14.2 Å². The summed E-state index contributed by atoms with van der Waals surface area (Å²) < 4.78 is 13.8. The summed E-state index contributed by atoms with van der Waals surface area (Å²) >= 11 is 0.986. The lowest BCUT2D eigenvalue weighted by Gasteiger charge is -2.18. The van der Waals surface area contributed by atoms with E-state index in [2.05, 4.69) is 14.9 Å². The van der Waals surface area contributed by atoms with E-state index in [-0.39, 0.29) is 5.92 Å². The molecule has 1 aromatic carbocycles. The Labute approximate surface area is 150 Å². The number of ether oxygens (including phenoxy) is 2. The van der Waals surface area contributed by atoms with Gasteiger partial charge in [-0.2, -0.15) is 0 Å². The summed E-state index contributed by atoms with van der Waals surface area (Å²) in [6.07, 6.45) is 0.489. The third kappa shape index (κ3) is 4.76. The van der Waals surface area contributed by atoms with E-state index in [0.29, 0.717) is 22.7 Å². The molecule has 0 unspecified atom stereocenters. The molecule has 2 rings (SSSR count). The van der Waals surface area contributed by atoms with Crippen molar-refractivity contribution in [2.45, 2.75) is 26.3 Å². The number of nitrogens with one attached hydrogen (secondary N) is 1. The fourth-order valence-corrected chi connectivity index (χ4v) is 2.92. The average Bonchev–Trinajstić information content (AvgIpc) is 3.10. The quantitative estimate of drug-likeness (QED) is 0.760. The number of hydrogen-bond donors (Lipinski definition) is 1. The summed E-state index contributed by atoms with van der Waals surface area (Å²) in [4.78, 5) is 24.9. The van der Waals surface area contributed by atoms with Crippen LogP contribution in [0.15, 0.2) is 24.3 Å². The van der Waals surface area contributed by atoms with Gasteiger partial charge < -0.3 is 14.8 Å². The predicted octanol–water partition coefficient (Wildman–Crippen LogP) is 2.53. The highest BCUT2D eigenvalue weighted by Gasteiger charge is 2.26. The minimum Gasteiger partial charge on any atom is -0.497 e. The van der Waals surface area contributed by atoms with E-state index in [1.54, 1.807) is 31.4 Å². The van der Waals surface area contributed by atoms with Crippen LogP contribution in [0.4, 0.5) is 0 Å². The van der Waals surface area contributed by atoms with Crippen LogP contribution in [-0.4, -0.2) is 41.7 Å². The van der Waals surface area contributed by atoms with E-state index in [9.17, 15) is 9.59 Å². The molecule has 0 aliphatic carbocycles. The van der Waals surface area contributed by atoms with Crippen molar-refractivity contribution in [2.24, 2.45) is 5.92 Å². The molecule has 0 aliphatic rings. The largest absolute Gasteiger partial charge is 0.497 e. The Morgan fingerprint density at radius 3 is 2.44 bits per heavy atom. The Morgan fingerprint density at radius 2 is 1.88 bits per heavy atom. The molecule has 7 nitrogen and oxygen atoms in total. The highest BCUT2D eigenvalue weighted by atomic mass is 32.1. The number of amides is 1. The molecule has 1 heterocycles. The molecule has 0 radical (unpaired) electrons. The van der Waals surface area contributed by atoms with Gasteiger partial charge in [0.1, 0.15) is 22.4 Å². The molecule has 0 saturated carbocycles. The minimum atomic E-state index is -0.705.